The molecule has 1 aliphatic carbocycles. The van der Waals surface area contributed by atoms with E-state index < -0.39 is 29.9 Å². The van der Waals surface area contributed by atoms with E-state index in [1.54, 1.807) is 6.92 Å². The fourth-order valence-corrected chi connectivity index (χ4v) is 3.25. The molecule has 0 spiro atoms. The zero-order valence-corrected chi connectivity index (χ0v) is 10.4. The highest BCUT2D eigenvalue weighted by molar-refractivity contribution is 7.11. The van der Waals surface area contributed by atoms with E-state index in [1.807, 2.05) is 0 Å². The fourth-order valence-electron chi connectivity index (χ4n) is 2.25. The number of carboxylic acid groups (broad SMARTS) is 1. The van der Waals surface area contributed by atoms with Crippen LogP contribution in [0.4, 0.5) is 13.2 Å². The quantitative estimate of drug-likeness (QED) is 0.919. The zero-order chi connectivity index (χ0) is 13.6. The molecule has 1 aromatic heterocycles. The summed E-state index contributed by atoms with van der Waals surface area (Å²) in [4.78, 5) is 15.2. The summed E-state index contributed by atoms with van der Waals surface area (Å²) in [5.74, 6) is -2.22. The van der Waals surface area contributed by atoms with Gasteiger partial charge in [-0.05, 0) is 19.8 Å². The van der Waals surface area contributed by atoms with Crippen LogP contribution >= 0.6 is 11.3 Å². The van der Waals surface area contributed by atoms with Crippen LogP contribution in [0.3, 0.4) is 0 Å². The first-order chi connectivity index (χ1) is 8.26. The van der Waals surface area contributed by atoms with E-state index in [0.717, 1.165) is 11.3 Å². The number of carbonyl (C=O) groups is 1. The Labute approximate surface area is 106 Å². The molecule has 100 valence electrons. The van der Waals surface area contributed by atoms with Crippen LogP contribution in [0.2, 0.25) is 0 Å². The van der Waals surface area contributed by atoms with Gasteiger partial charge < -0.3 is 5.11 Å². The Bertz CT molecular complexity index is 465. The van der Waals surface area contributed by atoms with Crippen molar-refractivity contribution in [3.8, 4) is 0 Å². The molecule has 0 aliphatic heterocycles. The van der Waals surface area contributed by atoms with Crippen LogP contribution < -0.4 is 0 Å². The SMILES string of the molecule is Cc1ncc([C@@H](CC(=O)O)C2(C(F)(F)F)CC2)s1. The summed E-state index contributed by atoms with van der Waals surface area (Å²) < 4.78 is 39.2. The Balaban J connectivity index is 2.35. The van der Waals surface area contributed by atoms with E-state index in [-0.39, 0.29) is 12.8 Å². The molecule has 0 radical (unpaired) electrons. The molecule has 1 aromatic rings. The highest BCUT2D eigenvalue weighted by Gasteiger charge is 2.67. The summed E-state index contributed by atoms with van der Waals surface area (Å²) >= 11 is 1.15. The molecule has 3 nitrogen and oxygen atoms in total. The highest BCUT2D eigenvalue weighted by Crippen LogP contribution is 2.66. The van der Waals surface area contributed by atoms with Crippen molar-refractivity contribution in [1.29, 1.82) is 0 Å². The second-order valence-corrected chi connectivity index (χ2v) is 5.85. The molecule has 0 amide bonds. The molecular formula is C11H12F3NO2S. The Kier molecular flexibility index (Phi) is 3.12. The number of rotatable bonds is 4. The van der Waals surface area contributed by atoms with E-state index >= 15 is 0 Å². The Hall–Kier alpha value is -1.11. The molecule has 2 rings (SSSR count). The summed E-state index contributed by atoms with van der Waals surface area (Å²) in [7, 11) is 0. The van der Waals surface area contributed by atoms with Crippen molar-refractivity contribution >= 4 is 17.3 Å². The van der Waals surface area contributed by atoms with Crippen LogP contribution in [0, 0.1) is 12.3 Å². The van der Waals surface area contributed by atoms with Crippen molar-refractivity contribution in [3.63, 3.8) is 0 Å². The Morgan fingerprint density at radius 2 is 2.22 bits per heavy atom. The van der Waals surface area contributed by atoms with Crippen molar-refractivity contribution in [2.75, 3.05) is 0 Å². The lowest BCUT2D eigenvalue weighted by molar-refractivity contribution is -0.195. The molecule has 1 N–H and O–H groups in total. The maximum Gasteiger partial charge on any atom is 0.395 e. The lowest BCUT2D eigenvalue weighted by Crippen LogP contribution is -2.32. The minimum absolute atomic E-state index is 0.00535. The van der Waals surface area contributed by atoms with Gasteiger partial charge in [-0.1, -0.05) is 0 Å². The minimum atomic E-state index is -4.36. The summed E-state index contributed by atoms with van der Waals surface area (Å²) in [6.07, 6.45) is -3.47. The third-order valence-electron chi connectivity index (χ3n) is 3.38. The van der Waals surface area contributed by atoms with E-state index in [9.17, 15) is 18.0 Å². The number of thiazole rings is 1. The van der Waals surface area contributed by atoms with Gasteiger partial charge in [-0.15, -0.1) is 11.3 Å². The average molecular weight is 279 g/mol. The summed E-state index contributed by atoms with van der Waals surface area (Å²) in [6.45, 7) is 1.69. The smallest absolute Gasteiger partial charge is 0.395 e. The lowest BCUT2D eigenvalue weighted by Gasteiger charge is -2.27. The molecule has 1 aliphatic rings. The minimum Gasteiger partial charge on any atom is -0.481 e. The van der Waals surface area contributed by atoms with Crippen LogP contribution in [0.5, 0.6) is 0 Å². The monoisotopic (exact) mass is 279 g/mol. The second-order valence-electron chi connectivity index (χ2n) is 4.59. The van der Waals surface area contributed by atoms with Crippen LogP contribution in [0.15, 0.2) is 6.20 Å². The predicted octanol–water partition coefficient (Wildman–Crippen LogP) is 3.35. The van der Waals surface area contributed by atoms with E-state index in [0.29, 0.717) is 9.88 Å². The van der Waals surface area contributed by atoms with Gasteiger partial charge in [-0.25, -0.2) is 4.98 Å². The predicted molar refractivity (Wildman–Crippen MR) is 59.6 cm³/mol. The van der Waals surface area contributed by atoms with E-state index in [2.05, 4.69) is 4.98 Å². The number of nitrogens with zero attached hydrogens (tertiary/aromatic N) is 1. The van der Waals surface area contributed by atoms with Crippen molar-refractivity contribution in [1.82, 2.24) is 4.98 Å². The maximum absolute atomic E-state index is 13.1. The van der Waals surface area contributed by atoms with Crippen LogP contribution in [0.25, 0.3) is 0 Å². The molecule has 1 heterocycles. The number of aromatic nitrogens is 1. The Morgan fingerprint density at radius 3 is 2.56 bits per heavy atom. The molecule has 1 atom stereocenters. The molecule has 1 saturated carbocycles. The van der Waals surface area contributed by atoms with Gasteiger partial charge in [0, 0.05) is 17.0 Å². The molecule has 0 saturated heterocycles. The van der Waals surface area contributed by atoms with E-state index in [4.69, 9.17) is 5.11 Å². The van der Waals surface area contributed by atoms with Gasteiger partial charge >= 0.3 is 12.1 Å². The number of aliphatic carboxylic acids is 1. The molecule has 0 aromatic carbocycles. The molecule has 1 fully saturated rings. The van der Waals surface area contributed by atoms with Gasteiger partial charge in [0.1, 0.15) is 0 Å². The van der Waals surface area contributed by atoms with Crippen LogP contribution in [-0.4, -0.2) is 22.2 Å². The highest BCUT2D eigenvalue weighted by atomic mass is 32.1. The molecule has 18 heavy (non-hydrogen) atoms. The largest absolute Gasteiger partial charge is 0.481 e. The first-order valence-corrected chi connectivity index (χ1v) is 6.29. The van der Waals surface area contributed by atoms with Crippen molar-refractivity contribution in [2.45, 2.75) is 38.3 Å². The third-order valence-corrected chi connectivity index (χ3v) is 4.41. The first kappa shape index (κ1) is 13.3. The molecule has 0 unspecified atom stereocenters. The molecule has 0 bridgehead atoms. The van der Waals surface area contributed by atoms with Crippen molar-refractivity contribution < 1.29 is 23.1 Å². The molecule has 7 heteroatoms. The zero-order valence-electron chi connectivity index (χ0n) is 9.62. The number of carboxylic acids is 1. The number of aryl methyl sites for hydroxylation is 1. The number of alkyl halides is 3. The van der Waals surface area contributed by atoms with Crippen LogP contribution in [0.1, 0.15) is 35.1 Å². The van der Waals surface area contributed by atoms with Crippen molar-refractivity contribution in [3.05, 3.63) is 16.1 Å². The lowest BCUT2D eigenvalue weighted by atomic mass is 9.84. The van der Waals surface area contributed by atoms with Gasteiger partial charge in [0.2, 0.25) is 0 Å². The average Bonchev–Trinajstić information content (AvgIpc) is 2.93. The number of hydrogen-bond acceptors (Lipinski definition) is 3. The van der Waals surface area contributed by atoms with Gasteiger partial charge in [-0.3, -0.25) is 4.79 Å². The number of hydrogen-bond donors (Lipinski definition) is 1. The van der Waals surface area contributed by atoms with Crippen LogP contribution in [-0.2, 0) is 4.79 Å². The van der Waals surface area contributed by atoms with Gasteiger partial charge in [0.15, 0.2) is 0 Å². The molecular weight excluding hydrogens is 267 g/mol. The summed E-state index contributed by atoms with van der Waals surface area (Å²) in [5.41, 5.74) is -1.86. The topological polar surface area (TPSA) is 50.2 Å². The van der Waals surface area contributed by atoms with Gasteiger partial charge in [-0.2, -0.15) is 13.2 Å². The fraction of sp³-hybridized carbons (Fsp3) is 0.636. The normalized spacial score (nSPS) is 19.6. The van der Waals surface area contributed by atoms with E-state index in [1.165, 1.54) is 6.20 Å². The summed E-state index contributed by atoms with van der Waals surface area (Å²) in [6, 6.07) is 0. The maximum atomic E-state index is 13.1. The standard InChI is InChI=1S/C11H12F3NO2S/c1-6-15-5-8(18-6)7(4-9(16)17)10(2-3-10)11(12,13)14/h5,7H,2-4H2,1H3,(H,16,17)/t7-/m1/s1. The summed E-state index contributed by atoms with van der Waals surface area (Å²) in [5, 5.41) is 9.48. The first-order valence-electron chi connectivity index (χ1n) is 5.47. The second kappa shape index (κ2) is 4.22. The van der Waals surface area contributed by atoms with Crippen molar-refractivity contribution in [2.24, 2.45) is 5.41 Å². The van der Waals surface area contributed by atoms with Gasteiger partial charge in [0.05, 0.1) is 16.8 Å². The van der Waals surface area contributed by atoms with Gasteiger partial charge in [0.25, 0.3) is 0 Å². The number of halogens is 3. The Morgan fingerprint density at radius 1 is 1.61 bits per heavy atom. The third kappa shape index (κ3) is 2.23.